The Labute approximate surface area is 407 Å². The minimum absolute atomic E-state index is 0.127. The van der Waals surface area contributed by atoms with Crippen LogP contribution in [0.2, 0.25) is 0 Å². The Bertz CT molecular complexity index is 3390. The van der Waals surface area contributed by atoms with E-state index in [4.69, 9.17) is 0 Å². The fraction of sp³-hybridized carbons (Fsp3) is 0.365. The average Bonchev–Trinajstić information content (AvgIpc) is 4.11. The summed E-state index contributed by atoms with van der Waals surface area (Å²) in [6.07, 6.45) is 15.6. The Hall–Kier alpha value is -4.71. The van der Waals surface area contributed by atoms with Crippen LogP contribution in [0.5, 0.6) is 0 Å². The van der Waals surface area contributed by atoms with Crippen molar-refractivity contribution < 1.29 is 4.57 Å². The fourth-order valence-corrected chi connectivity index (χ4v) is 19.7. The molecule has 0 amide bonds. The molecule has 6 aromatic carbocycles. The van der Waals surface area contributed by atoms with E-state index in [9.17, 15) is 0 Å². The highest BCUT2D eigenvalue weighted by Crippen LogP contribution is 2.71. The average molecular weight is 933 g/mol. The van der Waals surface area contributed by atoms with Crippen molar-refractivity contribution in [3.63, 3.8) is 0 Å². The second-order valence-corrected chi connectivity index (χ2v) is 25.7. The summed E-state index contributed by atoms with van der Waals surface area (Å²) in [5.41, 5.74) is 15.9. The maximum Gasteiger partial charge on any atom is 0.147 e. The lowest BCUT2D eigenvalue weighted by Gasteiger charge is -2.42. The summed E-state index contributed by atoms with van der Waals surface area (Å²) in [5.74, 6) is 8.49. The van der Waals surface area contributed by atoms with Crippen molar-refractivity contribution in [2.75, 3.05) is 0 Å². The van der Waals surface area contributed by atoms with Gasteiger partial charge in [0.1, 0.15) is 7.14 Å². The minimum atomic E-state index is -3.10. The Morgan fingerprint density at radius 2 is 1.31 bits per heavy atom. The molecule has 3 heterocycles. The van der Waals surface area contributed by atoms with Gasteiger partial charge in [0, 0.05) is 52.1 Å². The quantitative estimate of drug-likeness (QED) is 0.0933. The molecule has 67 heavy (non-hydrogen) atoms. The molecule has 0 saturated heterocycles. The van der Waals surface area contributed by atoms with Crippen LogP contribution in [0.25, 0.3) is 63.5 Å². The Balaban J connectivity index is 1.26. The maximum absolute atomic E-state index is 17.2. The third-order valence-electron chi connectivity index (χ3n) is 15.9. The molecule has 1 saturated carbocycles. The van der Waals surface area contributed by atoms with E-state index in [2.05, 4.69) is 157 Å². The molecule has 8 aromatic rings. The normalized spacial score (nSPS) is 19.9. The zero-order valence-electron chi connectivity index (χ0n) is 40.7. The van der Waals surface area contributed by atoms with Crippen molar-refractivity contribution in [3.8, 4) is 23.0 Å². The summed E-state index contributed by atoms with van der Waals surface area (Å²) in [5, 5.41) is 9.18. The van der Waals surface area contributed by atoms with E-state index in [-0.39, 0.29) is 5.66 Å². The van der Waals surface area contributed by atoms with Gasteiger partial charge in [-0.15, -0.1) is 22.7 Å². The van der Waals surface area contributed by atoms with Gasteiger partial charge in [0.05, 0.1) is 4.88 Å². The van der Waals surface area contributed by atoms with Crippen LogP contribution in [0.1, 0.15) is 148 Å². The highest BCUT2D eigenvalue weighted by atomic mass is 32.1. The number of fused-ring (bicyclic) bond motifs is 12. The molecular formula is C63H65OPS2. The summed E-state index contributed by atoms with van der Waals surface area (Å²) >= 11 is 3.86. The van der Waals surface area contributed by atoms with Crippen molar-refractivity contribution >= 4 is 87.5 Å². The smallest absolute Gasteiger partial charge is 0.147 e. The van der Waals surface area contributed by atoms with Crippen molar-refractivity contribution in [2.24, 2.45) is 17.8 Å². The van der Waals surface area contributed by atoms with E-state index < -0.39 is 7.14 Å². The first-order valence-electron chi connectivity index (χ1n) is 25.7. The molecule has 1 aliphatic heterocycles. The van der Waals surface area contributed by atoms with Crippen molar-refractivity contribution in [3.05, 3.63) is 146 Å². The van der Waals surface area contributed by atoms with Gasteiger partial charge >= 0.3 is 0 Å². The van der Waals surface area contributed by atoms with E-state index in [1.165, 1.54) is 69.7 Å². The van der Waals surface area contributed by atoms with Crippen LogP contribution in [0.4, 0.5) is 0 Å². The lowest BCUT2D eigenvalue weighted by molar-refractivity contribution is 0.238. The number of aryl methyl sites for hydroxylation is 2. The van der Waals surface area contributed by atoms with Crippen LogP contribution in [-0.4, -0.2) is 5.66 Å². The van der Waals surface area contributed by atoms with Gasteiger partial charge in [-0.3, -0.25) is 0 Å². The van der Waals surface area contributed by atoms with Crippen LogP contribution >= 0.6 is 29.8 Å². The van der Waals surface area contributed by atoms with Gasteiger partial charge in [-0.05, 0) is 178 Å². The van der Waals surface area contributed by atoms with Crippen LogP contribution in [-0.2, 0) is 36.7 Å². The standard InChI is InChI=1S/C63H65OPS2/c1-8-18-45-46(19-9-2)50-36-51-47(20-10-3)48(21-11-4)63-62(60-53-35-43(28-27-40-22-14-12-15-23-40)66-57(53)30-31-58(60)67-63)61(51)59(50)52-37-55-42(33-49(45)52)34-54(41-24-16-13-17-25-41)65(55,64)56-32-39(7)26-29-44(56)38(5)6/h12-17,22-25,30-31,33-35,37-39,44,56H,8-11,18-21,26,29,32,36H2,1-7H3/t39-,44+,56-,65+/m1/s1. The molecule has 0 spiro atoms. The van der Waals surface area contributed by atoms with E-state index in [0.29, 0.717) is 17.8 Å². The zero-order valence-corrected chi connectivity index (χ0v) is 43.2. The van der Waals surface area contributed by atoms with Crippen molar-refractivity contribution in [2.45, 2.75) is 131 Å². The van der Waals surface area contributed by atoms with Crippen LogP contribution in [0.15, 0.2) is 91.0 Å². The molecular weight excluding hydrogens is 868 g/mol. The second kappa shape index (κ2) is 18.0. The first-order valence-corrected chi connectivity index (χ1v) is 29.1. The first kappa shape index (κ1) is 44.8. The highest BCUT2D eigenvalue weighted by Gasteiger charge is 2.49. The van der Waals surface area contributed by atoms with Crippen LogP contribution < -0.4 is 5.30 Å². The largest absolute Gasteiger partial charge is 0.313 e. The van der Waals surface area contributed by atoms with Gasteiger partial charge in [-0.1, -0.05) is 141 Å². The summed E-state index contributed by atoms with van der Waals surface area (Å²) in [7, 11) is -3.10. The third kappa shape index (κ3) is 7.26. The SMILES string of the molecule is CCCc1c2c(c3cc4c(cc3c1CCC)C=C(c1ccccc1)[P@@]4(=O)[C@@H]1C[C@H](C)CC[C@H]1C(C)C)-c1c(c(CCC)c(CCC)c3sc4ccc5sc(C#Cc6ccccc6)cc5c4c13)C2. The lowest BCUT2D eigenvalue weighted by atomic mass is 9.77. The predicted octanol–water partition coefficient (Wildman–Crippen LogP) is 18.2. The monoisotopic (exact) mass is 932 g/mol. The molecule has 1 nitrogen and oxygen atoms in total. The molecule has 0 N–H and O–H groups in total. The molecule has 4 atom stereocenters. The molecule has 3 aliphatic rings. The van der Waals surface area contributed by atoms with Gasteiger partial charge in [0.2, 0.25) is 0 Å². The molecule has 1 fully saturated rings. The van der Waals surface area contributed by atoms with Gasteiger partial charge in [-0.25, -0.2) is 0 Å². The van der Waals surface area contributed by atoms with Gasteiger partial charge < -0.3 is 4.57 Å². The molecule has 340 valence electrons. The van der Waals surface area contributed by atoms with Crippen LogP contribution in [0, 0.1) is 29.6 Å². The van der Waals surface area contributed by atoms with Gasteiger partial charge in [-0.2, -0.15) is 0 Å². The number of rotatable bonds is 11. The number of benzene rings is 6. The summed E-state index contributed by atoms with van der Waals surface area (Å²) in [4.78, 5) is 1.11. The lowest BCUT2D eigenvalue weighted by Crippen LogP contribution is -2.34. The summed E-state index contributed by atoms with van der Waals surface area (Å²) < 4.78 is 21.3. The topological polar surface area (TPSA) is 17.1 Å². The molecule has 0 unspecified atom stereocenters. The molecule has 2 aromatic heterocycles. The van der Waals surface area contributed by atoms with E-state index >= 15 is 4.57 Å². The van der Waals surface area contributed by atoms with E-state index in [1.807, 2.05) is 22.7 Å². The second-order valence-electron chi connectivity index (χ2n) is 20.6. The number of hydrogen-bond donors (Lipinski definition) is 0. The molecule has 0 radical (unpaired) electrons. The summed E-state index contributed by atoms with van der Waals surface area (Å²) in [6.45, 7) is 16.7. The van der Waals surface area contributed by atoms with Gasteiger partial charge in [0.25, 0.3) is 0 Å². The molecule has 2 aliphatic carbocycles. The highest BCUT2D eigenvalue weighted by molar-refractivity contribution is 7.82. The number of thiophene rings is 2. The van der Waals surface area contributed by atoms with Crippen LogP contribution in [0.3, 0.4) is 0 Å². The van der Waals surface area contributed by atoms with Crippen molar-refractivity contribution in [1.82, 2.24) is 0 Å². The van der Waals surface area contributed by atoms with Crippen molar-refractivity contribution in [1.29, 1.82) is 0 Å². The Morgan fingerprint density at radius 3 is 2.03 bits per heavy atom. The first-order chi connectivity index (χ1) is 32.7. The third-order valence-corrected chi connectivity index (χ3v) is 21.9. The summed E-state index contributed by atoms with van der Waals surface area (Å²) in [6, 6.07) is 33.5. The van der Waals surface area contributed by atoms with E-state index in [1.54, 1.807) is 27.8 Å². The Morgan fingerprint density at radius 1 is 0.657 bits per heavy atom. The van der Waals surface area contributed by atoms with E-state index in [0.717, 1.165) is 97.3 Å². The zero-order chi connectivity index (χ0) is 46.1. The predicted molar refractivity (Wildman–Crippen MR) is 296 cm³/mol. The number of hydrogen-bond acceptors (Lipinski definition) is 3. The fourth-order valence-electron chi connectivity index (χ4n) is 13.1. The minimum Gasteiger partial charge on any atom is -0.313 e. The maximum atomic E-state index is 17.2. The molecule has 0 bridgehead atoms. The molecule has 11 rings (SSSR count). The molecule has 4 heteroatoms. The Kier molecular flexibility index (Phi) is 12.0. The van der Waals surface area contributed by atoms with Gasteiger partial charge in [0.15, 0.2) is 0 Å².